The predicted octanol–water partition coefficient (Wildman–Crippen LogP) is 7.64. The molecule has 0 amide bonds. The molecule has 41 heavy (non-hydrogen) atoms. The Morgan fingerprint density at radius 2 is 1.63 bits per heavy atom. The fourth-order valence-corrected chi connectivity index (χ4v) is 10.3. The molecule has 1 spiro atoms. The first-order valence-electron chi connectivity index (χ1n) is 16.3. The van der Waals surface area contributed by atoms with Crippen molar-refractivity contribution in [2.24, 2.45) is 52.3 Å². The summed E-state index contributed by atoms with van der Waals surface area (Å²) in [5.74, 6) is 2.32. The van der Waals surface area contributed by atoms with E-state index in [-0.39, 0.29) is 34.6 Å². The molecule has 1 saturated heterocycles. The second-order valence-corrected chi connectivity index (χ2v) is 14.9. The molecule has 4 aliphatic carbocycles. The predicted molar refractivity (Wildman–Crippen MR) is 159 cm³/mol. The Labute approximate surface area is 246 Å². The molecule has 5 fully saturated rings. The van der Waals surface area contributed by atoms with E-state index in [4.69, 9.17) is 14.2 Å². The van der Waals surface area contributed by atoms with Gasteiger partial charge in [-0.1, -0.05) is 58.9 Å². The Hall–Kier alpha value is -1.98. The molecule has 0 radical (unpaired) electrons. The van der Waals surface area contributed by atoms with Gasteiger partial charge in [-0.15, -0.1) is 0 Å². The molecule has 5 nitrogen and oxygen atoms in total. The number of ether oxygens (including phenoxy) is 3. The number of benzene rings is 1. The van der Waals surface area contributed by atoms with E-state index in [1.807, 2.05) is 50.3 Å². The van der Waals surface area contributed by atoms with Crippen molar-refractivity contribution in [3.63, 3.8) is 0 Å². The minimum Gasteiger partial charge on any atom is -0.458 e. The molecule has 0 N–H and O–H groups in total. The largest absolute Gasteiger partial charge is 0.458 e. The number of fused-ring (bicyclic) bond motifs is 5. The first-order chi connectivity index (χ1) is 19.6. The van der Waals surface area contributed by atoms with Gasteiger partial charge in [-0.2, -0.15) is 0 Å². The Kier molecular flexibility index (Phi) is 7.77. The van der Waals surface area contributed by atoms with E-state index >= 15 is 0 Å². The summed E-state index contributed by atoms with van der Waals surface area (Å²) in [5.41, 5.74) is 1.02. The normalized spacial score (nSPS) is 40.2. The van der Waals surface area contributed by atoms with Gasteiger partial charge in [-0.05, 0) is 97.2 Å². The summed E-state index contributed by atoms with van der Waals surface area (Å²) in [5, 5.41) is 0. The fraction of sp³-hybridized carbons (Fsp3) is 0.722. The van der Waals surface area contributed by atoms with Crippen LogP contribution < -0.4 is 0 Å². The lowest BCUT2D eigenvalue weighted by Gasteiger charge is -2.63. The van der Waals surface area contributed by atoms with Gasteiger partial charge in [0.15, 0.2) is 11.6 Å². The lowest BCUT2D eigenvalue weighted by molar-refractivity contribution is -0.242. The third-order valence-corrected chi connectivity index (χ3v) is 12.6. The zero-order chi connectivity index (χ0) is 29.0. The molecule has 4 unspecified atom stereocenters. The van der Waals surface area contributed by atoms with Gasteiger partial charge in [0.2, 0.25) is 0 Å². The number of rotatable bonds is 6. The lowest BCUT2D eigenvalue weighted by Crippen LogP contribution is -2.60. The van der Waals surface area contributed by atoms with E-state index in [2.05, 4.69) is 26.8 Å². The summed E-state index contributed by atoms with van der Waals surface area (Å²) in [6.07, 6.45) is 12.5. The van der Waals surface area contributed by atoms with Crippen LogP contribution in [0.15, 0.2) is 42.5 Å². The highest BCUT2D eigenvalue weighted by atomic mass is 16.7. The number of carbonyl (C=O) groups excluding carboxylic acids is 2. The van der Waals surface area contributed by atoms with Crippen molar-refractivity contribution in [3.8, 4) is 0 Å². The third kappa shape index (κ3) is 5.03. The molecule has 4 saturated carbocycles. The average molecular weight is 563 g/mol. The number of hydrogen-bond donors (Lipinski definition) is 0. The van der Waals surface area contributed by atoms with Crippen LogP contribution in [0.4, 0.5) is 0 Å². The van der Waals surface area contributed by atoms with Crippen molar-refractivity contribution >= 4 is 11.8 Å². The standard InChI is InChI=1S/C36H50O5/c1-23(2)30(37)14-11-24(3)27-12-13-28-32-29(15-16-35(27,28)5)34(4)17-18-36(39-19-20-40-36)22-26(34)21-31(32)41-33(38)25-9-7-6-8-10-25/h6-11,14,23-24,26-29,31-32H,12-13,15-22H2,1-5H3/b14-11+/t24-,26+,27?,28?,29?,31-,32?,34+,35-/m1/s1. The summed E-state index contributed by atoms with van der Waals surface area (Å²) < 4.78 is 19.0. The Morgan fingerprint density at radius 1 is 0.927 bits per heavy atom. The summed E-state index contributed by atoms with van der Waals surface area (Å²) in [6.45, 7) is 12.7. The van der Waals surface area contributed by atoms with E-state index in [9.17, 15) is 9.59 Å². The van der Waals surface area contributed by atoms with Gasteiger partial charge >= 0.3 is 5.97 Å². The van der Waals surface area contributed by atoms with Crippen LogP contribution in [0, 0.1) is 52.3 Å². The molecule has 1 aliphatic heterocycles. The van der Waals surface area contributed by atoms with Crippen LogP contribution in [0.5, 0.6) is 0 Å². The summed E-state index contributed by atoms with van der Waals surface area (Å²) in [6, 6.07) is 9.50. The van der Waals surface area contributed by atoms with E-state index in [1.54, 1.807) is 0 Å². The maximum Gasteiger partial charge on any atom is 0.338 e. The zero-order valence-corrected chi connectivity index (χ0v) is 25.8. The van der Waals surface area contributed by atoms with E-state index in [0.29, 0.717) is 54.3 Å². The van der Waals surface area contributed by atoms with Crippen LogP contribution in [-0.4, -0.2) is 36.9 Å². The number of esters is 1. The smallest absolute Gasteiger partial charge is 0.338 e. The third-order valence-electron chi connectivity index (χ3n) is 12.6. The molecule has 224 valence electrons. The van der Waals surface area contributed by atoms with Crippen molar-refractivity contribution in [3.05, 3.63) is 48.0 Å². The van der Waals surface area contributed by atoms with Gasteiger partial charge in [-0.25, -0.2) is 4.79 Å². The Morgan fingerprint density at radius 3 is 2.34 bits per heavy atom. The molecule has 1 heterocycles. The molecule has 0 bridgehead atoms. The molecule has 1 aromatic carbocycles. The lowest BCUT2D eigenvalue weighted by atomic mass is 9.43. The van der Waals surface area contributed by atoms with E-state index in [0.717, 1.165) is 25.7 Å². The van der Waals surface area contributed by atoms with Crippen molar-refractivity contribution in [2.75, 3.05) is 13.2 Å². The van der Waals surface area contributed by atoms with Crippen LogP contribution in [0.25, 0.3) is 0 Å². The highest BCUT2D eigenvalue weighted by Gasteiger charge is 2.65. The minimum absolute atomic E-state index is 0.0338. The number of carbonyl (C=O) groups is 2. The zero-order valence-electron chi connectivity index (χ0n) is 25.8. The first kappa shape index (κ1) is 29.1. The Bertz CT molecular complexity index is 1150. The second kappa shape index (κ2) is 10.9. The molecule has 5 aliphatic rings. The molecule has 1 aromatic rings. The average Bonchev–Trinajstić information content (AvgIpc) is 3.56. The molecule has 6 rings (SSSR count). The topological polar surface area (TPSA) is 61.8 Å². The second-order valence-electron chi connectivity index (χ2n) is 14.9. The summed E-state index contributed by atoms with van der Waals surface area (Å²) in [4.78, 5) is 25.9. The van der Waals surface area contributed by atoms with E-state index in [1.165, 1.54) is 25.7 Å². The SMILES string of the molecule is CC(C)C(=O)/C=C/[C@@H](C)C1CCC2C3C(CC[C@@]21C)[C@@]1(C)CCC2(C[C@@H]1C[C@H]3OC(=O)c1ccccc1)OCCO2. The molecule has 5 heteroatoms. The molecular formula is C36H50O5. The monoisotopic (exact) mass is 562 g/mol. The highest BCUT2D eigenvalue weighted by molar-refractivity contribution is 5.91. The van der Waals surface area contributed by atoms with Gasteiger partial charge in [-0.3, -0.25) is 4.79 Å². The van der Waals surface area contributed by atoms with Crippen LogP contribution >= 0.6 is 0 Å². The molecule has 9 atom stereocenters. The number of allylic oxidation sites excluding steroid dienone is 2. The maximum absolute atomic E-state index is 13.5. The number of hydrogen-bond acceptors (Lipinski definition) is 5. The summed E-state index contributed by atoms with van der Waals surface area (Å²) >= 11 is 0. The molecular weight excluding hydrogens is 512 g/mol. The quantitative estimate of drug-likeness (QED) is 0.263. The van der Waals surface area contributed by atoms with Gasteiger partial charge < -0.3 is 14.2 Å². The van der Waals surface area contributed by atoms with Crippen molar-refractivity contribution in [2.45, 2.75) is 97.9 Å². The van der Waals surface area contributed by atoms with Crippen molar-refractivity contribution in [1.29, 1.82) is 0 Å². The van der Waals surface area contributed by atoms with Gasteiger partial charge in [0.25, 0.3) is 0 Å². The fourth-order valence-electron chi connectivity index (χ4n) is 10.3. The first-order valence-corrected chi connectivity index (χ1v) is 16.3. The maximum atomic E-state index is 13.5. The van der Waals surface area contributed by atoms with Crippen LogP contribution in [0.1, 0.15) is 96.3 Å². The summed E-state index contributed by atoms with van der Waals surface area (Å²) in [7, 11) is 0. The molecule has 0 aromatic heterocycles. The highest BCUT2D eigenvalue weighted by Crippen LogP contribution is 2.69. The van der Waals surface area contributed by atoms with Crippen molar-refractivity contribution < 1.29 is 23.8 Å². The van der Waals surface area contributed by atoms with Gasteiger partial charge in [0, 0.05) is 24.7 Å². The van der Waals surface area contributed by atoms with Crippen LogP contribution in [-0.2, 0) is 19.0 Å². The number of ketones is 1. The van der Waals surface area contributed by atoms with Crippen molar-refractivity contribution in [1.82, 2.24) is 0 Å². The van der Waals surface area contributed by atoms with Gasteiger partial charge in [0.1, 0.15) is 6.10 Å². The van der Waals surface area contributed by atoms with E-state index < -0.39 is 5.79 Å². The van der Waals surface area contributed by atoms with Crippen LogP contribution in [0.3, 0.4) is 0 Å². The van der Waals surface area contributed by atoms with Gasteiger partial charge in [0.05, 0.1) is 18.8 Å². The Balaban J connectivity index is 1.30. The minimum atomic E-state index is -0.443. The van der Waals surface area contributed by atoms with Crippen LogP contribution in [0.2, 0.25) is 0 Å².